The number of carbonyl (C=O) groups is 1. The summed E-state index contributed by atoms with van der Waals surface area (Å²) in [5.74, 6) is 0.670. The van der Waals surface area contributed by atoms with Gasteiger partial charge in [0.25, 0.3) is 5.91 Å². The zero-order chi connectivity index (χ0) is 13.7. The van der Waals surface area contributed by atoms with E-state index in [0.29, 0.717) is 10.8 Å². The quantitative estimate of drug-likeness (QED) is 0.849. The van der Waals surface area contributed by atoms with Gasteiger partial charge >= 0.3 is 0 Å². The second-order valence-corrected chi connectivity index (χ2v) is 5.22. The monoisotopic (exact) mass is 282 g/mol. The first-order valence-corrected chi connectivity index (χ1v) is 6.87. The van der Waals surface area contributed by atoms with Gasteiger partial charge in [-0.25, -0.2) is 0 Å². The first kappa shape index (κ1) is 14.2. The Balaban J connectivity index is 1.83. The largest absolute Gasteiger partial charge is 0.484 e. The number of hydrogen-bond acceptors (Lipinski definition) is 3. The van der Waals surface area contributed by atoms with E-state index in [0.717, 1.165) is 32.6 Å². The molecule has 4 nitrogen and oxygen atoms in total. The summed E-state index contributed by atoms with van der Waals surface area (Å²) in [6.07, 6.45) is 1.01. The predicted molar refractivity (Wildman–Crippen MR) is 75.6 cm³/mol. The topological polar surface area (TPSA) is 32.8 Å². The molecule has 5 heteroatoms. The summed E-state index contributed by atoms with van der Waals surface area (Å²) in [7, 11) is 2.08. The van der Waals surface area contributed by atoms with Crippen molar-refractivity contribution >= 4 is 17.5 Å². The summed E-state index contributed by atoms with van der Waals surface area (Å²) < 4.78 is 5.48. The van der Waals surface area contributed by atoms with Gasteiger partial charge < -0.3 is 14.5 Å². The maximum absolute atomic E-state index is 12.1. The van der Waals surface area contributed by atoms with E-state index in [1.807, 2.05) is 11.0 Å². The Morgan fingerprint density at radius 3 is 2.95 bits per heavy atom. The van der Waals surface area contributed by atoms with E-state index in [9.17, 15) is 4.79 Å². The van der Waals surface area contributed by atoms with Crippen LogP contribution in [0.15, 0.2) is 24.3 Å². The Morgan fingerprint density at radius 1 is 1.32 bits per heavy atom. The minimum absolute atomic E-state index is 0.0373. The van der Waals surface area contributed by atoms with Crippen LogP contribution in [0.1, 0.15) is 6.42 Å². The molecule has 0 saturated carbocycles. The Bertz CT molecular complexity index is 439. The maximum Gasteiger partial charge on any atom is 0.260 e. The molecule has 1 heterocycles. The van der Waals surface area contributed by atoms with Gasteiger partial charge in [0.05, 0.1) is 0 Å². The molecule has 19 heavy (non-hydrogen) atoms. The molecule has 1 fully saturated rings. The van der Waals surface area contributed by atoms with Crippen LogP contribution in [0.4, 0.5) is 0 Å². The van der Waals surface area contributed by atoms with Crippen LogP contribution in [-0.2, 0) is 4.79 Å². The van der Waals surface area contributed by atoms with Gasteiger partial charge in [0.1, 0.15) is 5.75 Å². The molecule has 0 bridgehead atoms. The number of rotatable bonds is 3. The maximum atomic E-state index is 12.1. The molecule has 1 aliphatic rings. The lowest BCUT2D eigenvalue weighted by molar-refractivity contribution is -0.133. The molecule has 0 aliphatic carbocycles. The minimum Gasteiger partial charge on any atom is -0.484 e. The standard InChI is InChI=1S/C14H19ClN2O2/c1-16-6-3-7-17(9-8-16)14(18)11-19-13-5-2-4-12(15)10-13/h2,4-5,10H,3,6-9,11H2,1H3. The number of benzene rings is 1. The van der Waals surface area contributed by atoms with Crippen LogP contribution in [-0.4, -0.2) is 55.5 Å². The van der Waals surface area contributed by atoms with E-state index in [2.05, 4.69) is 11.9 Å². The van der Waals surface area contributed by atoms with Gasteiger partial charge in [-0.05, 0) is 38.2 Å². The van der Waals surface area contributed by atoms with E-state index in [1.165, 1.54) is 0 Å². The SMILES string of the molecule is CN1CCCN(C(=O)COc2cccc(Cl)c2)CC1. The number of likely N-dealkylation sites (N-methyl/N-ethyl adjacent to an activating group) is 1. The summed E-state index contributed by atoms with van der Waals surface area (Å²) in [6, 6.07) is 7.10. The summed E-state index contributed by atoms with van der Waals surface area (Å²) in [5, 5.41) is 0.612. The Hall–Kier alpha value is -1.26. The lowest BCUT2D eigenvalue weighted by atomic mass is 10.3. The van der Waals surface area contributed by atoms with Crippen molar-refractivity contribution in [2.24, 2.45) is 0 Å². The molecule has 104 valence electrons. The Kier molecular flexibility index (Phi) is 5.05. The molecule has 0 N–H and O–H groups in total. The van der Waals surface area contributed by atoms with E-state index in [-0.39, 0.29) is 12.5 Å². The van der Waals surface area contributed by atoms with Gasteiger partial charge in [0.15, 0.2) is 6.61 Å². The van der Waals surface area contributed by atoms with Crippen LogP contribution >= 0.6 is 11.6 Å². The highest BCUT2D eigenvalue weighted by molar-refractivity contribution is 6.30. The van der Waals surface area contributed by atoms with Gasteiger partial charge in [-0.2, -0.15) is 0 Å². The molecule has 2 rings (SSSR count). The number of amides is 1. The van der Waals surface area contributed by atoms with Gasteiger partial charge in [-0.15, -0.1) is 0 Å². The van der Waals surface area contributed by atoms with Crippen LogP contribution in [0.2, 0.25) is 5.02 Å². The molecule has 1 aliphatic heterocycles. The van der Waals surface area contributed by atoms with Crippen molar-refractivity contribution in [1.29, 1.82) is 0 Å². The molecule has 0 spiro atoms. The molecule has 0 aromatic heterocycles. The van der Waals surface area contributed by atoms with Gasteiger partial charge in [-0.1, -0.05) is 17.7 Å². The third-order valence-electron chi connectivity index (χ3n) is 3.23. The fraction of sp³-hybridized carbons (Fsp3) is 0.500. The van der Waals surface area contributed by atoms with Gasteiger partial charge in [0.2, 0.25) is 0 Å². The molecule has 1 saturated heterocycles. The second kappa shape index (κ2) is 6.78. The second-order valence-electron chi connectivity index (χ2n) is 4.78. The van der Waals surface area contributed by atoms with E-state index in [1.54, 1.807) is 18.2 Å². The van der Waals surface area contributed by atoms with Crippen LogP contribution in [0.3, 0.4) is 0 Å². The smallest absolute Gasteiger partial charge is 0.260 e. The highest BCUT2D eigenvalue weighted by atomic mass is 35.5. The highest BCUT2D eigenvalue weighted by Gasteiger charge is 2.17. The molecule has 0 atom stereocenters. The zero-order valence-corrected chi connectivity index (χ0v) is 11.9. The van der Waals surface area contributed by atoms with E-state index < -0.39 is 0 Å². The zero-order valence-electron chi connectivity index (χ0n) is 11.1. The molecular weight excluding hydrogens is 264 g/mol. The molecule has 1 aromatic rings. The average Bonchev–Trinajstić information content (AvgIpc) is 2.61. The first-order chi connectivity index (χ1) is 9.15. The lowest BCUT2D eigenvalue weighted by Gasteiger charge is -2.20. The van der Waals surface area contributed by atoms with Crippen molar-refractivity contribution in [1.82, 2.24) is 9.80 Å². The summed E-state index contributed by atoms with van der Waals surface area (Å²) in [5.41, 5.74) is 0. The Morgan fingerprint density at radius 2 is 2.16 bits per heavy atom. The predicted octanol–water partition coefficient (Wildman–Crippen LogP) is 1.88. The summed E-state index contributed by atoms with van der Waals surface area (Å²) in [4.78, 5) is 16.2. The van der Waals surface area contributed by atoms with Gasteiger partial charge in [0, 0.05) is 24.7 Å². The third kappa shape index (κ3) is 4.40. The number of hydrogen-bond donors (Lipinski definition) is 0. The lowest BCUT2D eigenvalue weighted by Crippen LogP contribution is -2.37. The molecule has 0 unspecified atom stereocenters. The van der Waals surface area contributed by atoms with Crippen molar-refractivity contribution in [2.75, 3.05) is 39.8 Å². The van der Waals surface area contributed by atoms with Crippen molar-refractivity contribution in [3.05, 3.63) is 29.3 Å². The van der Waals surface area contributed by atoms with Crippen LogP contribution < -0.4 is 4.74 Å². The van der Waals surface area contributed by atoms with Crippen LogP contribution in [0.25, 0.3) is 0 Å². The van der Waals surface area contributed by atoms with E-state index in [4.69, 9.17) is 16.3 Å². The third-order valence-corrected chi connectivity index (χ3v) is 3.47. The van der Waals surface area contributed by atoms with Crippen molar-refractivity contribution < 1.29 is 9.53 Å². The van der Waals surface area contributed by atoms with Gasteiger partial charge in [-0.3, -0.25) is 4.79 Å². The van der Waals surface area contributed by atoms with Crippen molar-refractivity contribution in [2.45, 2.75) is 6.42 Å². The average molecular weight is 283 g/mol. The van der Waals surface area contributed by atoms with Crippen molar-refractivity contribution in [3.8, 4) is 5.75 Å². The fourth-order valence-electron chi connectivity index (χ4n) is 2.09. The van der Waals surface area contributed by atoms with Crippen LogP contribution in [0.5, 0.6) is 5.75 Å². The number of carbonyl (C=O) groups excluding carboxylic acids is 1. The minimum atomic E-state index is 0.0373. The fourth-order valence-corrected chi connectivity index (χ4v) is 2.27. The molecule has 1 amide bonds. The molecule has 1 aromatic carbocycles. The summed E-state index contributed by atoms with van der Waals surface area (Å²) >= 11 is 5.87. The normalized spacial score (nSPS) is 17.1. The number of ether oxygens (including phenoxy) is 1. The van der Waals surface area contributed by atoms with Crippen molar-refractivity contribution in [3.63, 3.8) is 0 Å². The molecule has 0 radical (unpaired) electrons. The Labute approximate surface area is 118 Å². The van der Waals surface area contributed by atoms with E-state index >= 15 is 0 Å². The highest BCUT2D eigenvalue weighted by Crippen LogP contribution is 2.17. The number of halogens is 1. The summed E-state index contributed by atoms with van der Waals surface area (Å²) in [6.45, 7) is 3.61. The van der Waals surface area contributed by atoms with Crippen LogP contribution in [0, 0.1) is 0 Å². The first-order valence-electron chi connectivity index (χ1n) is 6.50. The number of nitrogens with zero attached hydrogens (tertiary/aromatic N) is 2. The molecular formula is C14H19ClN2O2.